The van der Waals surface area contributed by atoms with Crippen LogP contribution in [0.15, 0.2) is 48.5 Å². The van der Waals surface area contributed by atoms with Crippen molar-refractivity contribution >= 4 is 5.91 Å². The Hall–Kier alpha value is -3.15. The Morgan fingerprint density at radius 3 is 2.73 bits per heavy atom. The number of para-hydroxylation sites is 1. The van der Waals surface area contributed by atoms with Crippen molar-refractivity contribution in [3.63, 3.8) is 0 Å². The molecule has 2 N–H and O–H groups in total. The van der Waals surface area contributed by atoms with Gasteiger partial charge in [-0.15, -0.1) is 0 Å². The predicted octanol–water partition coefficient (Wildman–Crippen LogP) is 3.18. The molecule has 1 aliphatic rings. The molecule has 0 bridgehead atoms. The van der Waals surface area contributed by atoms with Crippen LogP contribution in [0, 0.1) is 5.82 Å². The number of carbonyl (C=O) groups excluding carboxylic acids is 1. The molecular weight excluding hydrogens is 333 g/mol. The number of rotatable bonds is 5. The van der Waals surface area contributed by atoms with Gasteiger partial charge in [-0.3, -0.25) is 4.79 Å². The molecule has 26 heavy (non-hydrogen) atoms. The summed E-state index contributed by atoms with van der Waals surface area (Å²) in [6, 6.07) is 14.1. The molecule has 3 aromatic rings. The Morgan fingerprint density at radius 2 is 1.96 bits per heavy atom. The molecule has 0 fully saturated rings. The molecule has 0 saturated heterocycles. The zero-order valence-electron chi connectivity index (χ0n) is 14.1. The topological polar surface area (TPSA) is 70.1 Å². The van der Waals surface area contributed by atoms with E-state index < -0.39 is 11.7 Å². The van der Waals surface area contributed by atoms with E-state index in [2.05, 4.69) is 0 Å². The third-order valence-corrected chi connectivity index (χ3v) is 4.60. The second kappa shape index (κ2) is 6.63. The lowest BCUT2D eigenvalue weighted by Crippen LogP contribution is -2.15. The maximum atomic E-state index is 13.9. The van der Waals surface area contributed by atoms with Crippen LogP contribution in [0.2, 0.25) is 0 Å². The van der Waals surface area contributed by atoms with Gasteiger partial charge in [0.25, 0.3) is 5.91 Å². The highest BCUT2D eigenvalue weighted by Gasteiger charge is 2.24. The van der Waals surface area contributed by atoms with Gasteiger partial charge in [0.05, 0.1) is 5.69 Å². The summed E-state index contributed by atoms with van der Waals surface area (Å²) in [4.78, 5) is 11.5. The summed E-state index contributed by atoms with van der Waals surface area (Å²) in [5.41, 5.74) is 9.21. The molecule has 0 spiro atoms. The molecule has 5 nitrogen and oxygen atoms in total. The van der Waals surface area contributed by atoms with E-state index in [-0.39, 0.29) is 17.9 Å². The smallest absolute Gasteiger partial charge is 0.255 e. The SMILES string of the molecule is NC(=O)c1c(F)cccc1OCc1nn(-c2ccccc2)c2c1CCC2. The van der Waals surface area contributed by atoms with E-state index in [9.17, 15) is 9.18 Å². The van der Waals surface area contributed by atoms with E-state index in [0.717, 1.165) is 30.6 Å². The van der Waals surface area contributed by atoms with Gasteiger partial charge in [0, 0.05) is 11.3 Å². The number of carbonyl (C=O) groups is 1. The van der Waals surface area contributed by atoms with Crippen molar-refractivity contribution < 1.29 is 13.9 Å². The number of halogens is 1. The lowest BCUT2D eigenvalue weighted by Gasteiger charge is -2.09. The molecule has 132 valence electrons. The normalized spacial score (nSPS) is 12.8. The Kier molecular flexibility index (Phi) is 4.16. The largest absolute Gasteiger partial charge is 0.486 e. The van der Waals surface area contributed by atoms with E-state index in [1.54, 1.807) is 0 Å². The van der Waals surface area contributed by atoms with Crippen molar-refractivity contribution in [3.05, 3.63) is 76.9 Å². The van der Waals surface area contributed by atoms with Gasteiger partial charge < -0.3 is 10.5 Å². The Labute approximate surface area is 150 Å². The van der Waals surface area contributed by atoms with E-state index in [4.69, 9.17) is 15.6 Å². The van der Waals surface area contributed by atoms with Crippen molar-refractivity contribution in [3.8, 4) is 11.4 Å². The fourth-order valence-corrected chi connectivity index (χ4v) is 3.42. The number of ether oxygens (including phenoxy) is 1. The maximum Gasteiger partial charge on any atom is 0.255 e. The van der Waals surface area contributed by atoms with Crippen LogP contribution in [-0.2, 0) is 19.4 Å². The Bertz CT molecular complexity index is 967. The van der Waals surface area contributed by atoms with Crippen molar-refractivity contribution in [2.24, 2.45) is 5.73 Å². The van der Waals surface area contributed by atoms with Crippen molar-refractivity contribution in [2.45, 2.75) is 25.9 Å². The van der Waals surface area contributed by atoms with Crippen molar-refractivity contribution in [2.75, 3.05) is 0 Å². The summed E-state index contributed by atoms with van der Waals surface area (Å²) in [7, 11) is 0. The monoisotopic (exact) mass is 351 g/mol. The number of primary amides is 1. The Balaban J connectivity index is 1.65. The summed E-state index contributed by atoms with van der Waals surface area (Å²) in [5, 5.41) is 4.70. The molecule has 4 rings (SSSR count). The van der Waals surface area contributed by atoms with Crippen LogP contribution in [0.1, 0.15) is 33.7 Å². The molecule has 0 saturated carbocycles. The molecule has 1 aromatic heterocycles. The number of fused-ring (bicyclic) bond motifs is 1. The first-order valence-electron chi connectivity index (χ1n) is 8.51. The highest BCUT2D eigenvalue weighted by molar-refractivity contribution is 5.95. The number of hydrogen-bond acceptors (Lipinski definition) is 3. The van der Waals surface area contributed by atoms with Gasteiger partial charge in [-0.2, -0.15) is 5.10 Å². The quantitative estimate of drug-likeness (QED) is 0.767. The highest BCUT2D eigenvalue weighted by Crippen LogP contribution is 2.29. The molecule has 2 aromatic carbocycles. The van der Waals surface area contributed by atoms with Crippen LogP contribution >= 0.6 is 0 Å². The predicted molar refractivity (Wildman–Crippen MR) is 94.8 cm³/mol. The van der Waals surface area contributed by atoms with Gasteiger partial charge in [-0.05, 0) is 43.5 Å². The average molecular weight is 351 g/mol. The van der Waals surface area contributed by atoms with Crippen LogP contribution in [0.25, 0.3) is 5.69 Å². The van der Waals surface area contributed by atoms with E-state index in [1.807, 2.05) is 35.0 Å². The first-order valence-corrected chi connectivity index (χ1v) is 8.51. The first-order chi connectivity index (χ1) is 12.6. The molecule has 1 heterocycles. The van der Waals surface area contributed by atoms with Gasteiger partial charge in [0.15, 0.2) is 0 Å². The highest BCUT2D eigenvalue weighted by atomic mass is 19.1. The van der Waals surface area contributed by atoms with Gasteiger partial charge in [-0.25, -0.2) is 9.07 Å². The fourth-order valence-electron chi connectivity index (χ4n) is 3.42. The molecule has 0 radical (unpaired) electrons. The van der Waals surface area contributed by atoms with E-state index >= 15 is 0 Å². The fraction of sp³-hybridized carbons (Fsp3) is 0.200. The van der Waals surface area contributed by atoms with Gasteiger partial charge in [-0.1, -0.05) is 24.3 Å². The Morgan fingerprint density at radius 1 is 1.15 bits per heavy atom. The zero-order valence-corrected chi connectivity index (χ0v) is 14.1. The summed E-state index contributed by atoms with van der Waals surface area (Å²) < 4.78 is 21.5. The van der Waals surface area contributed by atoms with Crippen LogP contribution in [0.4, 0.5) is 4.39 Å². The standard InChI is InChI=1S/C20H18FN3O2/c21-15-9-5-11-18(19(15)20(22)25)26-12-16-14-8-4-10-17(14)24(23-16)13-6-2-1-3-7-13/h1-3,5-7,9,11H,4,8,10,12H2,(H2,22,25). The average Bonchev–Trinajstić information content (AvgIpc) is 3.23. The lowest BCUT2D eigenvalue weighted by molar-refractivity contribution is 0.0991. The summed E-state index contributed by atoms with van der Waals surface area (Å²) in [5.74, 6) is -1.40. The third kappa shape index (κ3) is 2.83. The number of hydrogen-bond donors (Lipinski definition) is 1. The second-order valence-corrected chi connectivity index (χ2v) is 6.24. The zero-order chi connectivity index (χ0) is 18.1. The number of amides is 1. The van der Waals surface area contributed by atoms with E-state index in [1.165, 1.54) is 29.5 Å². The molecule has 0 atom stereocenters. The minimum absolute atomic E-state index is 0.138. The van der Waals surface area contributed by atoms with Crippen LogP contribution in [0.3, 0.4) is 0 Å². The van der Waals surface area contributed by atoms with Crippen molar-refractivity contribution in [1.82, 2.24) is 9.78 Å². The molecule has 6 heteroatoms. The second-order valence-electron chi connectivity index (χ2n) is 6.24. The molecule has 1 aliphatic carbocycles. The minimum Gasteiger partial charge on any atom is -0.486 e. The van der Waals surface area contributed by atoms with Crippen LogP contribution in [-0.4, -0.2) is 15.7 Å². The first kappa shape index (κ1) is 16.3. The number of nitrogens with zero attached hydrogens (tertiary/aromatic N) is 2. The van der Waals surface area contributed by atoms with Crippen molar-refractivity contribution in [1.29, 1.82) is 0 Å². The molecule has 0 unspecified atom stereocenters. The molecule has 0 aliphatic heterocycles. The van der Waals surface area contributed by atoms with Gasteiger partial charge in [0.1, 0.15) is 29.4 Å². The number of nitrogens with two attached hydrogens (primary N) is 1. The van der Waals surface area contributed by atoms with Crippen LogP contribution in [0.5, 0.6) is 5.75 Å². The summed E-state index contributed by atoms with van der Waals surface area (Å²) in [6.45, 7) is 0.159. The lowest BCUT2D eigenvalue weighted by atomic mass is 10.1. The van der Waals surface area contributed by atoms with E-state index in [0.29, 0.717) is 0 Å². The molecule has 1 amide bonds. The maximum absolute atomic E-state index is 13.9. The summed E-state index contributed by atoms with van der Waals surface area (Å²) >= 11 is 0. The number of aromatic nitrogens is 2. The van der Waals surface area contributed by atoms with Crippen LogP contribution < -0.4 is 10.5 Å². The van der Waals surface area contributed by atoms with Gasteiger partial charge >= 0.3 is 0 Å². The third-order valence-electron chi connectivity index (χ3n) is 4.60. The summed E-state index contributed by atoms with van der Waals surface area (Å²) in [6.07, 6.45) is 2.97. The van der Waals surface area contributed by atoms with Gasteiger partial charge in [0.2, 0.25) is 0 Å². The molecular formula is C20H18FN3O2. The minimum atomic E-state index is -0.849. The number of benzene rings is 2.